The first-order chi connectivity index (χ1) is 7.52. The molecule has 0 heterocycles. The summed E-state index contributed by atoms with van der Waals surface area (Å²) in [6.07, 6.45) is 0.984. The summed E-state index contributed by atoms with van der Waals surface area (Å²) in [5.41, 5.74) is 5.73. The van der Waals surface area contributed by atoms with Crippen molar-refractivity contribution in [2.75, 3.05) is 26.2 Å². The molecule has 0 unspecified atom stereocenters. The molecule has 0 rings (SSSR count). The molecule has 1 amide bonds. The van der Waals surface area contributed by atoms with Crippen molar-refractivity contribution < 1.29 is 4.79 Å². The van der Waals surface area contributed by atoms with E-state index in [9.17, 15) is 4.79 Å². The Morgan fingerprint density at radius 1 is 1.22 bits per heavy atom. The van der Waals surface area contributed by atoms with Crippen LogP contribution in [0.2, 0.25) is 0 Å². The number of nitrogens with zero attached hydrogens (tertiary/aromatic N) is 1. The summed E-state index contributed by atoms with van der Waals surface area (Å²) in [4.78, 5) is 13.9. The fourth-order valence-corrected chi connectivity index (χ4v) is 1.47. The monoisotopic (exact) mass is 301 g/mol. The molecule has 4 nitrogen and oxygen atoms in total. The maximum Gasteiger partial charge on any atom is 0.237 e. The van der Waals surface area contributed by atoms with Gasteiger partial charge in [0.05, 0.1) is 6.04 Å². The molecule has 0 aliphatic carbocycles. The van der Waals surface area contributed by atoms with Crippen molar-refractivity contribution in [1.29, 1.82) is 0 Å². The molecule has 0 fully saturated rings. The third kappa shape index (κ3) is 9.95. The van der Waals surface area contributed by atoms with Gasteiger partial charge in [-0.2, -0.15) is 0 Å². The molecule has 3 N–H and O–H groups in total. The lowest BCUT2D eigenvalue weighted by Gasteiger charge is -2.19. The number of nitrogens with two attached hydrogens (primary N) is 1. The van der Waals surface area contributed by atoms with Gasteiger partial charge in [0, 0.05) is 6.54 Å². The second kappa shape index (κ2) is 13.4. The smallest absolute Gasteiger partial charge is 0.237 e. The molecular formula is C12H29Cl2N3O. The van der Waals surface area contributed by atoms with Gasteiger partial charge in [-0.25, -0.2) is 0 Å². The van der Waals surface area contributed by atoms with Crippen LogP contribution >= 0.6 is 24.8 Å². The Hall–Kier alpha value is -0.0300. The molecule has 0 saturated carbocycles. The number of carbonyl (C=O) groups is 1. The molecule has 0 bridgehead atoms. The predicted molar refractivity (Wildman–Crippen MR) is 82.7 cm³/mol. The van der Waals surface area contributed by atoms with Crippen LogP contribution in [0.25, 0.3) is 0 Å². The highest BCUT2D eigenvalue weighted by atomic mass is 35.5. The number of amides is 1. The summed E-state index contributed by atoms with van der Waals surface area (Å²) < 4.78 is 0. The molecule has 0 saturated heterocycles. The molecule has 0 spiro atoms. The van der Waals surface area contributed by atoms with E-state index in [1.165, 1.54) is 0 Å². The van der Waals surface area contributed by atoms with Gasteiger partial charge in [-0.1, -0.05) is 27.7 Å². The standard InChI is InChI=1S/C12H27N3O.2ClH/c1-5-15(6-2)9-7-8-14-12(16)11(13)10(3)4;;/h10-11H,5-9,13H2,1-4H3,(H,14,16);2*1H/t11-;;/m0../s1. The fourth-order valence-electron chi connectivity index (χ4n) is 1.47. The minimum absolute atomic E-state index is 0. The van der Waals surface area contributed by atoms with Gasteiger partial charge in [-0.15, -0.1) is 24.8 Å². The molecule has 112 valence electrons. The second-order valence-electron chi connectivity index (χ2n) is 4.44. The van der Waals surface area contributed by atoms with E-state index < -0.39 is 0 Å². The van der Waals surface area contributed by atoms with Crippen molar-refractivity contribution >= 4 is 30.7 Å². The van der Waals surface area contributed by atoms with E-state index in [1.807, 2.05) is 13.8 Å². The minimum atomic E-state index is -0.381. The number of rotatable bonds is 8. The van der Waals surface area contributed by atoms with E-state index in [4.69, 9.17) is 5.73 Å². The van der Waals surface area contributed by atoms with Crippen LogP contribution in [-0.4, -0.2) is 43.0 Å². The zero-order valence-electron chi connectivity index (χ0n) is 11.9. The molecule has 0 radical (unpaired) electrons. The van der Waals surface area contributed by atoms with Gasteiger partial charge in [0.2, 0.25) is 5.91 Å². The van der Waals surface area contributed by atoms with Crippen LogP contribution in [0.5, 0.6) is 0 Å². The topological polar surface area (TPSA) is 58.4 Å². The summed E-state index contributed by atoms with van der Waals surface area (Å²) in [5.74, 6) is 0.164. The first-order valence-corrected chi connectivity index (χ1v) is 6.28. The van der Waals surface area contributed by atoms with Crippen LogP contribution in [0.4, 0.5) is 0 Å². The van der Waals surface area contributed by atoms with Gasteiger partial charge in [0.25, 0.3) is 0 Å². The SMILES string of the molecule is CCN(CC)CCCNC(=O)[C@@H](N)C(C)C.Cl.Cl. The lowest BCUT2D eigenvalue weighted by molar-refractivity contribution is -0.123. The molecule has 0 aliphatic rings. The fraction of sp³-hybridized carbons (Fsp3) is 0.917. The predicted octanol–water partition coefficient (Wildman–Crippen LogP) is 1.66. The first kappa shape index (κ1) is 23.1. The van der Waals surface area contributed by atoms with E-state index in [0.29, 0.717) is 0 Å². The van der Waals surface area contributed by atoms with Crippen molar-refractivity contribution in [1.82, 2.24) is 10.2 Å². The van der Waals surface area contributed by atoms with Crippen LogP contribution in [0.1, 0.15) is 34.1 Å². The number of halogens is 2. The zero-order chi connectivity index (χ0) is 12.6. The Kier molecular flexibility index (Phi) is 17.2. The van der Waals surface area contributed by atoms with Crippen molar-refractivity contribution in [3.05, 3.63) is 0 Å². The summed E-state index contributed by atoms with van der Waals surface area (Å²) in [5, 5.41) is 2.88. The Morgan fingerprint density at radius 3 is 2.11 bits per heavy atom. The lowest BCUT2D eigenvalue weighted by atomic mass is 10.1. The van der Waals surface area contributed by atoms with Gasteiger partial charge in [-0.3, -0.25) is 4.79 Å². The number of carbonyl (C=O) groups excluding carboxylic acids is 1. The number of nitrogens with one attached hydrogen (secondary N) is 1. The Bertz CT molecular complexity index is 200. The van der Waals surface area contributed by atoms with Gasteiger partial charge in [0.1, 0.15) is 0 Å². The van der Waals surface area contributed by atoms with E-state index >= 15 is 0 Å². The van der Waals surface area contributed by atoms with Gasteiger partial charge < -0.3 is 16.0 Å². The highest BCUT2D eigenvalue weighted by Gasteiger charge is 2.16. The highest BCUT2D eigenvalue weighted by Crippen LogP contribution is 1.97. The first-order valence-electron chi connectivity index (χ1n) is 6.28. The maximum atomic E-state index is 11.5. The average molecular weight is 302 g/mol. The van der Waals surface area contributed by atoms with Gasteiger partial charge in [-0.05, 0) is 32.0 Å². The van der Waals surface area contributed by atoms with Gasteiger partial charge in [0.15, 0.2) is 0 Å². The van der Waals surface area contributed by atoms with Crippen LogP contribution in [0.3, 0.4) is 0 Å². The molecule has 6 heteroatoms. The van der Waals surface area contributed by atoms with E-state index in [-0.39, 0.29) is 42.7 Å². The van der Waals surface area contributed by atoms with Crippen LogP contribution in [0.15, 0.2) is 0 Å². The summed E-state index contributed by atoms with van der Waals surface area (Å²) in [7, 11) is 0. The summed E-state index contributed by atoms with van der Waals surface area (Å²) in [6.45, 7) is 12.1. The summed E-state index contributed by atoms with van der Waals surface area (Å²) in [6, 6.07) is -0.381. The number of hydrogen-bond donors (Lipinski definition) is 2. The normalized spacial score (nSPS) is 11.7. The van der Waals surface area contributed by atoms with Crippen LogP contribution < -0.4 is 11.1 Å². The minimum Gasteiger partial charge on any atom is -0.355 e. The molecule has 0 aromatic carbocycles. The van der Waals surface area contributed by atoms with Crippen molar-refractivity contribution in [3.63, 3.8) is 0 Å². The third-order valence-electron chi connectivity index (χ3n) is 2.87. The molecule has 1 atom stereocenters. The largest absolute Gasteiger partial charge is 0.355 e. The molecule has 0 aliphatic heterocycles. The Balaban J connectivity index is -0.00000112. The maximum absolute atomic E-state index is 11.5. The Labute approximate surface area is 124 Å². The second-order valence-corrected chi connectivity index (χ2v) is 4.44. The van der Waals surface area contributed by atoms with E-state index in [1.54, 1.807) is 0 Å². The van der Waals surface area contributed by atoms with Gasteiger partial charge >= 0.3 is 0 Å². The third-order valence-corrected chi connectivity index (χ3v) is 2.87. The number of hydrogen-bond acceptors (Lipinski definition) is 3. The van der Waals surface area contributed by atoms with Crippen molar-refractivity contribution in [3.8, 4) is 0 Å². The van der Waals surface area contributed by atoms with Crippen molar-refractivity contribution in [2.45, 2.75) is 40.2 Å². The van der Waals surface area contributed by atoms with Crippen LogP contribution in [0, 0.1) is 5.92 Å². The zero-order valence-corrected chi connectivity index (χ0v) is 13.6. The molecule has 18 heavy (non-hydrogen) atoms. The van der Waals surface area contributed by atoms with Crippen molar-refractivity contribution in [2.24, 2.45) is 11.7 Å². The molecule has 0 aromatic rings. The Morgan fingerprint density at radius 2 is 1.72 bits per heavy atom. The lowest BCUT2D eigenvalue weighted by Crippen LogP contribution is -2.44. The van der Waals surface area contributed by atoms with E-state index in [2.05, 4.69) is 24.1 Å². The quantitative estimate of drug-likeness (QED) is 0.671. The molecule has 0 aromatic heterocycles. The molecular weight excluding hydrogens is 273 g/mol. The summed E-state index contributed by atoms with van der Waals surface area (Å²) >= 11 is 0. The van der Waals surface area contributed by atoms with E-state index in [0.717, 1.165) is 32.6 Å². The van der Waals surface area contributed by atoms with Crippen LogP contribution in [-0.2, 0) is 4.79 Å². The average Bonchev–Trinajstić information content (AvgIpc) is 2.27. The highest BCUT2D eigenvalue weighted by molar-refractivity contribution is 5.85.